The summed E-state index contributed by atoms with van der Waals surface area (Å²) in [6.07, 6.45) is 5.67. The number of rotatable bonds is 3. The van der Waals surface area contributed by atoms with Gasteiger partial charge in [-0.1, -0.05) is 5.69 Å². The first-order valence-corrected chi connectivity index (χ1v) is 10.4. The summed E-state index contributed by atoms with van der Waals surface area (Å²) >= 11 is 0. The number of nitrogens with zero attached hydrogens (tertiary/aromatic N) is 7. The normalized spacial score (nSPS) is 17.2. The Balaban J connectivity index is 0.00000218. The molecule has 0 saturated carbocycles. The maximum Gasteiger partial charge on any atom is 1.00 e. The average Bonchev–Trinajstić information content (AvgIpc) is 3.10. The minimum atomic E-state index is 0. The van der Waals surface area contributed by atoms with Gasteiger partial charge in [-0.3, -0.25) is 0 Å². The number of piperidine rings is 1. The molecule has 2 aliphatic rings. The molecular formula is C22H26CuN7. The van der Waals surface area contributed by atoms with Crippen LogP contribution in [0.5, 0.6) is 0 Å². The van der Waals surface area contributed by atoms with E-state index >= 15 is 0 Å². The van der Waals surface area contributed by atoms with Crippen LogP contribution in [-0.2, 0) is 30.2 Å². The fourth-order valence-corrected chi connectivity index (χ4v) is 4.37. The minimum absolute atomic E-state index is 0. The quantitative estimate of drug-likeness (QED) is 0.450. The van der Waals surface area contributed by atoms with Gasteiger partial charge in [0.25, 0.3) is 0 Å². The van der Waals surface area contributed by atoms with Crippen molar-refractivity contribution in [3.05, 3.63) is 59.9 Å². The number of hydrogen-bond donors (Lipinski definition) is 0. The van der Waals surface area contributed by atoms with Gasteiger partial charge in [-0.05, 0) is 39.3 Å². The van der Waals surface area contributed by atoms with Crippen molar-refractivity contribution in [2.24, 2.45) is 0 Å². The van der Waals surface area contributed by atoms with Crippen LogP contribution < -0.4 is 4.90 Å². The Hall–Kier alpha value is -2.28. The van der Waals surface area contributed by atoms with Crippen LogP contribution in [0.25, 0.3) is 5.69 Å². The fraction of sp³-hybridized carbons (Fsp3) is 0.455. The molecule has 30 heavy (non-hydrogen) atoms. The standard InChI is InChI=1S/C22H26N7.Cu/c1-16(2)28-14-18-6-3-4-7-19(18)29-20(15-28)25-26-21(29)17-8-12-27(13-9-17)22-23-10-5-11-24-22;/h4-7,10-11,16-17H,8-9,12-15H2,1-2H3;/q-1;+1. The molecule has 0 amide bonds. The largest absolute Gasteiger partial charge is 1.00 e. The number of benzene rings is 1. The Labute approximate surface area is 188 Å². The van der Waals surface area contributed by atoms with E-state index < -0.39 is 0 Å². The second-order valence-electron chi connectivity index (χ2n) is 8.17. The summed E-state index contributed by atoms with van der Waals surface area (Å²) in [4.78, 5) is 13.5. The van der Waals surface area contributed by atoms with Crippen molar-refractivity contribution >= 4 is 5.95 Å². The molecular weight excluding hydrogens is 426 g/mol. The van der Waals surface area contributed by atoms with Gasteiger partial charge in [0.2, 0.25) is 5.95 Å². The molecule has 1 aromatic carbocycles. The predicted molar refractivity (Wildman–Crippen MR) is 111 cm³/mol. The van der Waals surface area contributed by atoms with Crippen molar-refractivity contribution in [3.8, 4) is 5.69 Å². The minimum Gasteiger partial charge on any atom is -0.341 e. The Morgan fingerprint density at radius 1 is 1.07 bits per heavy atom. The number of hydrogen-bond acceptors (Lipinski definition) is 6. The van der Waals surface area contributed by atoms with Crippen LogP contribution in [0.15, 0.2) is 36.7 Å². The van der Waals surface area contributed by atoms with Crippen LogP contribution in [0, 0.1) is 6.07 Å². The SMILES string of the molecule is CC(C)N1Cc2c[c-]ccc2-n2c(nnc2C2CCN(c3ncccn3)CC2)C1.[Cu+]. The van der Waals surface area contributed by atoms with Crippen molar-refractivity contribution in [1.29, 1.82) is 0 Å². The van der Waals surface area contributed by atoms with Crippen molar-refractivity contribution in [2.75, 3.05) is 18.0 Å². The summed E-state index contributed by atoms with van der Waals surface area (Å²) in [7, 11) is 0. The van der Waals surface area contributed by atoms with Gasteiger partial charge >= 0.3 is 17.1 Å². The molecule has 1 saturated heterocycles. The van der Waals surface area contributed by atoms with E-state index in [1.54, 1.807) is 12.4 Å². The van der Waals surface area contributed by atoms with Crippen molar-refractivity contribution in [3.63, 3.8) is 0 Å². The van der Waals surface area contributed by atoms with E-state index in [4.69, 9.17) is 0 Å². The zero-order valence-corrected chi connectivity index (χ0v) is 18.2. The topological polar surface area (TPSA) is 63.0 Å². The predicted octanol–water partition coefficient (Wildman–Crippen LogP) is 2.96. The van der Waals surface area contributed by atoms with Crippen LogP contribution in [0.4, 0.5) is 5.95 Å². The molecule has 8 heteroatoms. The molecule has 4 heterocycles. The maximum absolute atomic E-state index is 4.68. The Kier molecular flexibility index (Phi) is 6.18. The van der Waals surface area contributed by atoms with Crippen LogP contribution in [-0.4, -0.2) is 48.8 Å². The van der Waals surface area contributed by atoms with Crippen molar-refractivity contribution in [2.45, 2.75) is 51.7 Å². The molecule has 0 radical (unpaired) electrons. The molecule has 160 valence electrons. The van der Waals surface area contributed by atoms with Gasteiger partial charge < -0.3 is 14.4 Å². The molecule has 0 spiro atoms. The van der Waals surface area contributed by atoms with Gasteiger partial charge in [-0.15, -0.1) is 21.8 Å². The van der Waals surface area contributed by atoms with Crippen molar-refractivity contribution < 1.29 is 17.1 Å². The summed E-state index contributed by atoms with van der Waals surface area (Å²) in [5.41, 5.74) is 2.49. The number of aromatic nitrogens is 5. The van der Waals surface area contributed by atoms with Crippen LogP contribution in [0.1, 0.15) is 49.8 Å². The van der Waals surface area contributed by atoms with Crippen LogP contribution in [0.3, 0.4) is 0 Å². The maximum atomic E-state index is 4.68. The molecule has 2 aliphatic heterocycles. The zero-order chi connectivity index (χ0) is 19.8. The monoisotopic (exact) mass is 451 g/mol. The molecule has 0 N–H and O–H groups in total. The van der Waals surface area contributed by atoms with Gasteiger partial charge in [0.1, 0.15) is 11.6 Å². The van der Waals surface area contributed by atoms with Gasteiger partial charge in [0.05, 0.1) is 6.54 Å². The molecule has 0 bridgehead atoms. The smallest absolute Gasteiger partial charge is 0.341 e. The second-order valence-corrected chi connectivity index (χ2v) is 8.17. The van der Waals surface area contributed by atoms with Crippen LogP contribution >= 0.6 is 0 Å². The summed E-state index contributed by atoms with van der Waals surface area (Å²) in [5.74, 6) is 3.33. The first-order chi connectivity index (χ1) is 14.2. The van der Waals surface area contributed by atoms with Crippen LogP contribution in [0.2, 0.25) is 0 Å². The third-order valence-electron chi connectivity index (χ3n) is 6.06. The van der Waals surface area contributed by atoms with E-state index in [-0.39, 0.29) is 17.1 Å². The third kappa shape index (κ3) is 3.87. The van der Waals surface area contributed by atoms with E-state index in [2.05, 4.69) is 66.6 Å². The summed E-state index contributed by atoms with van der Waals surface area (Å²) < 4.78 is 2.31. The van der Waals surface area contributed by atoms with Crippen molar-refractivity contribution in [1.82, 2.24) is 29.6 Å². The van der Waals surface area contributed by atoms with E-state index in [0.717, 1.165) is 56.6 Å². The van der Waals surface area contributed by atoms with E-state index in [0.29, 0.717) is 12.0 Å². The number of anilines is 1. The van der Waals surface area contributed by atoms with Gasteiger partial charge in [-0.2, -0.15) is 18.2 Å². The average molecular weight is 452 g/mol. The van der Waals surface area contributed by atoms with Gasteiger partial charge in [0, 0.05) is 37.4 Å². The Morgan fingerprint density at radius 3 is 2.57 bits per heavy atom. The molecule has 7 nitrogen and oxygen atoms in total. The number of fused-ring (bicyclic) bond motifs is 3. The Morgan fingerprint density at radius 2 is 1.83 bits per heavy atom. The van der Waals surface area contributed by atoms with Gasteiger partial charge in [-0.25, -0.2) is 9.97 Å². The van der Waals surface area contributed by atoms with Gasteiger partial charge in [0.15, 0.2) is 0 Å². The molecule has 1 fully saturated rings. The zero-order valence-electron chi connectivity index (χ0n) is 17.3. The fourth-order valence-electron chi connectivity index (χ4n) is 4.37. The molecule has 0 unspecified atom stereocenters. The Bertz CT molecular complexity index is 980. The molecule has 0 aliphatic carbocycles. The first-order valence-electron chi connectivity index (χ1n) is 10.4. The molecule has 0 atom stereocenters. The summed E-state index contributed by atoms with van der Waals surface area (Å²) in [6, 6.07) is 11.8. The molecule has 3 aromatic rings. The first kappa shape index (κ1) is 21.0. The third-order valence-corrected chi connectivity index (χ3v) is 6.06. The van der Waals surface area contributed by atoms with E-state index in [9.17, 15) is 0 Å². The van der Waals surface area contributed by atoms with E-state index in [1.807, 2.05) is 12.1 Å². The van der Waals surface area contributed by atoms with E-state index in [1.165, 1.54) is 11.3 Å². The molecule has 5 rings (SSSR count). The summed E-state index contributed by atoms with van der Waals surface area (Å²) in [6.45, 7) is 8.07. The second kappa shape index (κ2) is 8.84. The molecule has 2 aromatic heterocycles. The summed E-state index contributed by atoms with van der Waals surface area (Å²) in [5, 5.41) is 9.30.